The first kappa shape index (κ1) is 50.9. The number of rotatable bonds is 43. The fourth-order valence-corrected chi connectivity index (χ4v) is 7.97. The number of nitrogens with one attached hydrogen (secondary N) is 1. The highest BCUT2D eigenvalue weighted by Crippen LogP contribution is 2.29. The highest BCUT2D eigenvalue weighted by molar-refractivity contribution is 5.92. The molecule has 1 aliphatic heterocycles. The third kappa shape index (κ3) is 28.3. The van der Waals surface area contributed by atoms with Crippen LogP contribution in [0.3, 0.4) is 0 Å². The van der Waals surface area contributed by atoms with Crippen molar-refractivity contribution in [1.82, 2.24) is 5.32 Å². The molecular weight excluding hydrogens is 671 g/mol. The van der Waals surface area contributed by atoms with Crippen LogP contribution >= 0.6 is 0 Å². The average molecular weight is 764 g/mol. The summed E-state index contributed by atoms with van der Waals surface area (Å²) in [5.41, 5.74) is -1.52. The van der Waals surface area contributed by atoms with Gasteiger partial charge in [0.2, 0.25) is 5.91 Å². The highest BCUT2D eigenvalue weighted by atomic mass is 16.6. The summed E-state index contributed by atoms with van der Waals surface area (Å²) in [6.45, 7) is 7.80. The Balaban J connectivity index is 2.12. The fraction of sp³-hybridized carbons (Fsp3) is 0.958. The smallest absolute Gasteiger partial charge is 0.362 e. The predicted molar refractivity (Wildman–Crippen MR) is 230 cm³/mol. The molecule has 0 aromatic heterocycles. The first-order valence-corrected chi connectivity index (χ1v) is 24.3. The Morgan fingerprint density at radius 2 is 0.778 bits per heavy atom. The zero-order chi connectivity index (χ0) is 39.1. The minimum absolute atomic E-state index is 0.138. The second kappa shape index (κ2) is 38.7. The van der Waals surface area contributed by atoms with E-state index in [9.17, 15) is 9.59 Å². The van der Waals surface area contributed by atoms with E-state index in [1.165, 1.54) is 205 Å². The van der Waals surface area contributed by atoms with Gasteiger partial charge in [-0.05, 0) is 19.3 Å². The van der Waals surface area contributed by atoms with Crippen molar-refractivity contribution < 1.29 is 23.8 Å². The van der Waals surface area contributed by atoms with Crippen LogP contribution in [-0.2, 0) is 23.8 Å². The van der Waals surface area contributed by atoms with Gasteiger partial charge in [-0.1, -0.05) is 239 Å². The summed E-state index contributed by atoms with van der Waals surface area (Å²) >= 11 is 0. The van der Waals surface area contributed by atoms with Gasteiger partial charge in [0.25, 0.3) is 5.72 Å². The van der Waals surface area contributed by atoms with Crippen molar-refractivity contribution in [3.05, 3.63) is 0 Å². The summed E-state index contributed by atoms with van der Waals surface area (Å²) in [5, 5.41) is 2.83. The minimum atomic E-state index is -1.52. The van der Waals surface area contributed by atoms with Crippen LogP contribution in [0.4, 0.5) is 0 Å². The maximum atomic E-state index is 13.3. The second-order valence-corrected chi connectivity index (χ2v) is 16.9. The lowest BCUT2D eigenvalue weighted by atomic mass is 10.0. The summed E-state index contributed by atoms with van der Waals surface area (Å²) in [6, 6.07) is 0. The Kier molecular flexibility index (Phi) is 36.5. The van der Waals surface area contributed by atoms with Gasteiger partial charge in [0.1, 0.15) is 6.10 Å². The van der Waals surface area contributed by atoms with Gasteiger partial charge in [-0.3, -0.25) is 4.79 Å². The van der Waals surface area contributed by atoms with Crippen molar-refractivity contribution in [2.75, 3.05) is 19.8 Å². The zero-order valence-corrected chi connectivity index (χ0v) is 36.6. The van der Waals surface area contributed by atoms with Crippen LogP contribution in [0.1, 0.15) is 265 Å². The molecular formula is C48H93NO5. The highest BCUT2D eigenvalue weighted by Gasteiger charge is 2.56. The summed E-state index contributed by atoms with van der Waals surface area (Å²) in [7, 11) is 0. The fourth-order valence-electron chi connectivity index (χ4n) is 7.97. The van der Waals surface area contributed by atoms with Crippen LogP contribution in [0.5, 0.6) is 0 Å². The zero-order valence-electron chi connectivity index (χ0n) is 36.6. The minimum Gasteiger partial charge on any atom is -0.462 e. The Morgan fingerprint density at radius 3 is 1.11 bits per heavy atom. The number of hydrogen-bond acceptors (Lipinski definition) is 5. The maximum Gasteiger partial charge on any atom is 0.362 e. The molecule has 1 rings (SSSR count). The van der Waals surface area contributed by atoms with Crippen molar-refractivity contribution in [2.24, 2.45) is 0 Å². The first-order chi connectivity index (χ1) is 26.6. The van der Waals surface area contributed by atoms with Gasteiger partial charge in [-0.25, -0.2) is 4.79 Å². The molecule has 1 heterocycles. The lowest BCUT2D eigenvalue weighted by Crippen LogP contribution is -2.59. The number of esters is 1. The largest absolute Gasteiger partial charge is 0.462 e. The van der Waals surface area contributed by atoms with Crippen molar-refractivity contribution in [1.29, 1.82) is 0 Å². The molecule has 0 aromatic carbocycles. The molecule has 0 radical (unpaired) electrons. The van der Waals surface area contributed by atoms with Crippen LogP contribution in [0, 0.1) is 0 Å². The topological polar surface area (TPSA) is 73.9 Å². The van der Waals surface area contributed by atoms with Gasteiger partial charge < -0.3 is 19.5 Å². The summed E-state index contributed by atoms with van der Waals surface area (Å²) < 4.78 is 18.0. The molecule has 1 aliphatic rings. The molecule has 2 atom stereocenters. The summed E-state index contributed by atoms with van der Waals surface area (Å²) in [4.78, 5) is 25.8. The predicted octanol–water partition coefficient (Wildman–Crippen LogP) is 14.6. The van der Waals surface area contributed by atoms with Gasteiger partial charge in [0.05, 0.1) is 19.6 Å². The van der Waals surface area contributed by atoms with Crippen molar-refractivity contribution in [2.45, 2.75) is 277 Å². The lowest BCUT2D eigenvalue weighted by Gasteiger charge is -2.32. The molecule has 0 aliphatic carbocycles. The van der Waals surface area contributed by atoms with Crippen LogP contribution in [0.2, 0.25) is 0 Å². The molecule has 1 amide bonds. The molecule has 1 unspecified atom stereocenters. The van der Waals surface area contributed by atoms with E-state index in [2.05, 4.69) is 19.2 Å². The normalized spacial score (nSPS) is 17.0. The SMILES string of the molecule is CCCCCCCCCCCCCCCCCCCCOC1CC(=O)N[C@]1(OCCCCCCCCCCCCCCCCCCCC)C(=O)OCCC. The van der Waals surface area contributed by atoms with Crippen LogP contribution in [0.25, 0.3) is 0 Å². The van der Waals surface area contributed by atoms with E-state index in [0.717, 1.165) is 32.1 Å². The Morgan fingerprint density at radius 1 is 0.463 bits per heavy atom. The van der Waals surface area contributed by atoms with Gasteiger partial charge >= 0.3 is 5.97 Å². The van der Waals surface area contributed by atoms with Gasteiger partial charge in [0.15, 0.2) is 0 Å². The van der Waals surface area contributed by atoms with Gasteiger partial charge in [-0.2, -0.15) is 0 Å². The van der Waals surface area contributed by atoms with Crippen molar-refractivity contribution in [3.63, 3.8) is 0 Å². The van der Waals surface area contributed by atoms with Crippen molar-refractivity contribution >= 4 is 11.9 Å². The average Bonchev–Trinajstić information content (AvgIpc) is 3.50. The number of amides is 1. The molecule has 0 bridgehead atoms. The summed E-state index contributed by atoms with van der Waals surface area (Å²) in [6.07, 6.45) is 48.2. The van der Waals surface area contributed by atoms with Crippen LogP contribution in [-0.4, -0.2) is 43.5 Å². The monoisotopic (exact) mass is 764 g/mol. The Hall–Kier alpha value is -1.14. The standard InChI is InChI=1S/C48H93NO5/c1-4-7-9-11-13-15-17-19-21-23-25-27-29-31-33-35-37-39-42-52-45-44-46(50)49-48(45,47(51)53-41-6-3)54-43-40-38-36-34-32-30-28-26-24-22-20-18-16-14-12-10-8-5-2/h45H,4-44H2,1-3H3,(H,49,50)/t45?,48-/m1/s1. The number of carbonyl (C=O) groups excluding carboxylic acids is 2. The number of unbranched alkanes of at least 4 members (excludes halogenated alkanes) is 34. The van der Waals surface area contributed by atoms with E-state index < -0.39 is 17.8 Å². The molecule has 320 valence electrons. The molecule has 0 spiro atoms. The summed E-state index contributed by atoms with van der Waals surface area (Å²) in [5.74, 6) is -0.718. The Labute approximate surface area is 336 Å². The van der Waals surface area contributed by atoms with E-state index in [1.807, 2.05) is 6.92 Å². The Bertz CT molecular complexity index is 821. The molecule has 6 heteroatoms. The van der Waals surface area contributed by atoms with E-state index >= 15 is 0 Å². The molecule has 54 heavy (non-hydrogen) atoms. The molecule has 1 saturated heterocycles. The number of hydrogen-bond donors (Lipinski definition) is 1. The van der Waals surface area contributed by atoms with Crippen molar-refractivity contribution in [3.8, 4) is 0 Å². The van der Waals surface area contributed by atoms with Gasteiger partial charge in [-0.15, -0.1) is 0 Å². The molecule has 1 N–H and O–H groups in total. The molecule has 6 nitrogen and oxygen atoms in total. The quantitative estimate of drug-likeness (QED) is 0.0494. The number of carbonyl (C=O) groups is 2. The first-order valence-electron chi connectivity index (χ1n) is 24.3. The third-order valence-corrected chi connectivity index (χ3v) is 11.5. The van der Waals surface area contributed by atoms with E-state index in [4.69, 9.17) is 14.2 Å². The van der Waals surface area contributed by atoms with E-state index in [0.29, 0.717) is 19.8 Å². The van der Waals surface area contributed by atoms with Crippen LogP contribution < -0.4 is 5.32 Å². The molecule has 1 fully saturated rings. The number of ether oxygens (including phenoxy) is 3. The van der Waals surface area contributed by atoms with Gasteiger partial charge in [0, 0.05) is 6.61 Å². The lowest BCUT2D eigenvalue weighted by molar-refractivity contribution is -0.196. The maximum absolute atomic E-state index is 13.3. The third-order valence-electron chi connectivity index (χ3n) is 11.5. The van der Waals surface area contributed by atoms with E-state index in [1.54, 1.807) is 0 Å². The van der Waals surface area contributed by atoms with E-state index in [-0.39, 0.29) is 12.3 Å². The molecule has 0 aromatic rings. The second-order valence-electron chi connectivity index (χ2n) is 16.9. The van der Waals surface area contributed by atoms with Crippen LogP contribution in [0.15, 0.2) is 0 Å². The molecule has 0 saturated carbocycles.